The van der Waals surface area contributed by atoms with Crippen molar-refractivity contribution < 1.29 is 23.5 Å². The van der Waals surface area contributed by atoms with E-state index in [0.717, 1.165) is 31.7 Å². The monoisotopic (exact) mass is 521 g/mol. The van der Waals surface area contributed by atoms with Gasteiger partial charge in [0.15, 0.2) is 29.2 Å². The Kier molecular flexibility index (Phi) is 6.97. The number of ether oxygens (including phenoxy) is 2. The summed E-state index contributed by atoms with van der Waals surface area (Å²) in [5, 5.41) is 6.12. The van der Waals surface area contributed by atoms with Crippen molar-refractivity contribution in [2.24, 2.45) is 17.2 Å². The highest BCUT2D eigenvalue weighted by Gasteiger charge is 2.26. The fourth-order valence-corrected chi connectivity index (χ4v) is 4.61. The van der Waals surface area contributed by atoms with Crippen molar-refractivity contribution in [3.05, 3.63) is 65.2 Å². The smallest absolute Gasteiger partial charge is 0.252 e. The number of carbonyl (C=O) groups is 2. The largest absolute Gasteiger partial charge is 0.485 e. The Morgan fingerprint density at radius 1 is 1.00 bits per heavy atom. The number of aromatic nitrogens is 2. The lowest BCUT2D eigenvalue weighted by atomic mass is 9.91. The quantitative estimate of drug-likeness (QED) is 0.312. The number of carbonyl (C=O) groups excluding carboxylic acids is 2. The van der Waals surface area contributed by atoms with Gasteiger partial charge < -0.3 is 37.3 Å². The van der Waals surface area contributed by atoms with Crippen molar-refractivity contribution >= 4 is 29.1 Å². The van der Waals surface area contributed by atoms with E-state index in [1.807, 2.05) is 0 Å². The van der Waals surface area contributed by atoms with E-state index in [0.29, 0.717) is 28.3 Å². The molecule has 2 aliphatic rings. The van der Waals surface area contributed by atoms with Crippen molar-refractivity contribution in [3.8, 4) is 11.5 Å². The van der Waals surface area contributed by atoms with E-state index in [1.54, 1.807) is 24.4 Å². The average molecular weight is 522 g/mol. The first-order valence-electron chi connectivity index (χ1n) is 12.3. The highest BCUT2D eigenvalue weighted by atomic mass is 19.1. The number of fused-ring (bicyclic) bond motifs is 1. The molecule has 1 fully saturated rings. The van der Waals surface area contributed by atoms with Gasteiger partial charge in [-0.05, 0) is 43.2 Å². The highest BCUT2D eigenvalue weighted by Crippen LogP contribution is 2.37. The topological polar surface area (TPSA) is 180 Å². The first kappa shape index (κ1) is 25.2. The van der Waals surface area contributed by atoms with Crippen LogP contribution in [0.15, 0.2) is 42.7 Å². The van der Waals surface area contributed by atoms with Gasteiger partial charge in [-0.15, -0.1) is 0 Å². The van der Waals surface area contributed by atoms with Crippen LogP contribution >= 0.6 is 0 Å². The van der Waals surface area contributed by atoms with Gasteiger partial charge in [-0.3, -0.25) is 14.6 Å². The Hall–Kier alpha value is -4.45. The Morgan fingerprint density at radius 2 is 1.82 bits per heavy atom. The summed E-state index contributed by atoms with van der Waals surface area (Å²) in [5.74, 6) is -1.16. The predicted molar refractivity (Wildman–Crippen MR) is 138 cm³/mol. The number of primary amides is 2. The molecule has 3 aromatic rings. The third kappa shape index (κ3) is 5.30. The van der Waals surface area contributed by atoms with Crippen LogP contribution in [0.3, 0.4) is 0 Å². The van der Waals surface area contributed by atoms with Crippen molar-refractivity contribution in [1.82, 2.24) is 9.97 Å². The lowest BCUT2D eigenvalue weighted by molar-refractivity contribution is 0.0903. The summed E-state index contributed by atoms with van der Waals surface area (Å²) >= 11 is 0. The number of nitrogens with two attached hydrogens (primary N) is 3. The normalized spacial score (nSPS) is 20.4. The van der Waals surface area contributed by atoms with E-state index < -0.39 is 23.7 Å². The van der Waals surface area contributed by atoms with Gasteiger partial charge in [0.2, 0.25) is 5.91 Å². The zero-order valence-electron chi connectivity index (χ0n) is 20.4. The number of benzene rings is 1. The summed E-state index contributed by atoms with van der Waals surface area (Å²) in [5.41, 5.74) is 18.4. The molecular weight excluding hydrogens is 493 g/mol. The first-order chi connectivity index (χ1) is 18.3. The molecule has 3 atom stereocenters. The minimum atomic E-state index is -0.833. The molecule has 0 bridgehead atoms. The highest BCUT2D eigenvalue weighted by molar-refractivity contribution is 5.98. The van der Waals surface area contributed by atoms with Crippen molar-refractivity contribution in [2.75, 3.05) is 17.2 Å². The molecule has 8 N–H and O–H groups in total. The van der Waals surface area contributed by atoms with Gasteiger partial charge in [-0.2, -0.15) is 0 Å². The molecule has 3 heterocycles. The molecule has 0 radical (unpaired) electrons. The van der Waals surface area contributed by atoms with E-state index in [1.165, 1.54) is 12.3 Å². The summed E-state index contributed by atoms with van der Waals surface area (Å²) in [6, 6.07) is 7.26. The Balaban J connectivity index is 1.38. The van der Waals surface area contributed by atoms with Crippen LogP contribution in [0, 0.1) is 5.82 Å². The maximum absolute atomic E-state index is 14.8. The van der Waals surface area contributed by atoms with Crippen LogP contribution < -0.4 is 37.3 Å². The molecule has 5 rings (SSSR count). The molecule has 1 aliphatic heterocycles. The first-order valence-corrected chi connectivity index (χ1v) is 12.3. The number of nitrogens with one attached hydrogen (secondary N) is 2. The van der Waals surface area contributed by atoms with Gasteiger partial charge in [0, 0.05) is 29.4 Å². The van der Waals surface area contributed by atoms with Crippen LogP contribution in [0.1, 0.15) is 58.1 Å². The molecule has 2 amide bonds. The Labute approximate surface area is 217 Å². The second-order valence-corrected chi connectivity index (χ2v) is 9.35. The van der Waals surface area contributed by atoms with Crippen LogP contribution in [0.4, 0.5) is 21.7 Å². The summed E-state index contributed by atoms with van der Waals surface area (Å²) in [4.78, 5) is 32.1. The molecular formula is C26H28FN7O4. The van der Waals surface area contributed by atoms with Gasteiger partial charge in [0.1, 0.15) is 12.4 Å². The molecule has 1 aliphatic carbocycles. The molecule has 11 nitrogen and oxygen atoms in total. The Morgan fingerprint density at radius 3 is 2.58 bits per heavy atom. The number of pyridine rings is 2. The lowest BCUT2D eigenvalue weighted by Gasteiger charge is -2.30. The SMILES string of the molecule is NC(=O)c1ccc2c(c1)OCC(c1cncc(Nc3nc(NC4CCCCC4N)c(F)cc3C(N)=O)c1)O2. The number of amides is 2. The second-order valence-electron chi connectivity index (χ2n) is 9.35. The summed E-state index contributed by atoms with van der Waals surface area (Å²) in [7, 11) is 0. The number of anilines is 3. The fraction of sp³-hybridized carbons (Fsp3) is 0.308. The lowest BCUT2D eigenvalue weighted by Crippen LogP contribution is -2.43. The maximum Gasteiger partial charge on any atom is 0.252 e. The molecule has 38 heavy (non-hydrogen) atoms. The van der Waals surface area contributed by atoms with Crippen LogP contribution in [0.5, 0.6) is 11.5 Å². The number of hydrogen-bond acceptors (Lipinski definition) is 9. The number of hydrogen-bond donors (Lipinski definition) is 5. The zero-order chi connectivity index (χ0) is 26.8. The predicted octanol–water partition coefficient (Wildman–Crippen LogP) is 2.75. The van der Waals surface area contributed by atoms with Crippen molar-refractivity contribution in [2.45, 2.75) is 43.9 Å². The number of nitrogens with zero attached hydrogens (tertiary/aromatic N) is 2. The van der Waals surface area contributed by atoms with E-state index in [-0.39, 0.29) is 35.9 Å². The molecule has 1 saturated carbocycles. The number of rotatable bonds is 7. The van der Waals surface area contributed by atoms with Crippen LogP contribution in [-0.4, -0.2) is 40.5 Å². The van der Waals surface area contributed by atoms with E-state index in [4.69, 9.17) is 26.7 Å². The minimum Gasteiger partial charge on any atom is -0.485 e. The fourth-order valence-electron chi connectivity index (χ4n) is 4.61. The van der Waals surface area contributed by atoms with Crippen LogP contribution in [-0.2, 0) is 0 Å². The van der Waals surface area contributed by atoms with Gasteiger partial charge >= 0.3 is 0 Å². The van der Waals surface area contributed by atoms with Crippen LogP contribution in [0.2, 0.25) is 0 Å². The zero-order valence-corrected chi connectivity index (χ0v) is 20.4. The van der Waals surface area contributed by atoms with Crippen molar-refractivity contribution in [1.29, 1.82) is 0 Å². The van der Waals surface area contributed by atoms with E-state index in [9.17, 15) is 14.0 Å². The summed E-state index contributed by atoms with van der Waals surface area (Å²) in [6.07, 6.45) is 6.29. The third-order valence-corrected chi connectivity index (χ3v) is 6.66. The standard InChI is InChI=1S/C26H28FN7O4/c27-17-9-16(24(30)36)25(34-26(17)33-19-4-2-1-3-18(19)28)32-15-7-14(10-31-11-15)22-12-37-21-8-13(23(29)35)5-6-20(21)38-22/h5-11,18-19,22H,1-4,12,28H2,(H2,29,35)(H2,30,36)(H2,32,33,34). The van der Waals surface area contributed by atoms with Crippen LogP contribution in [0.25, 0.3) is 0 Å². The van der Waals surface area contributed by atoms with E-state index in [2.05, 4.69) is 20.6 Å². The summed E-state index contributed by atoms with van der Waals surface area (Å²) in [6.45, 7) is 0.164. The van der Waals surface area contributed by atoms with E-state index >= 15 is 0 Å². The van der Waals surface area contributed by atoms with Crippen molar-refractivity contribution in [3.63, 3.8) is 0 Å². The Bertz CT molecular complexity index is 1390. The molecule has 0 saturated heterocycles. The van der Waals surface area contributed by atoms with Gasteiger partial charge in [-0.25, -0.2) is 9.37 Å². The molecule has 1 aromatic carbocycles. The maximum atomic E-state index is 14.8. The molecule has 3 unspecified atom stereocenters. The average Bonchev–Trinajstić information content (AvgIpc) is 2.91. The molecule has 0 spiro atoms. The van der Waals surface area contributed by atoms with Gasteiger partial charge in [0.25, 0.3) is 5.91 Å². The molecule has 198 valence electrons. The molecule has 12 heteroatoms. The third-order valence-electron chi connectivity index (χ3n) is 6.66. The van der Waals surface area contributed by atoms with Gasteiger partial charge in [0.05, 0.1) is 17.4 Å². The minimum absolute atomic E-state index is 0.0140. The second kappa shape index (κ2) is 10.5. The number of halogens is 1. The molecule has 2 aromatic heterocycles. The van der Waals surface area contributed by atoms with Gasteiger partial charge in [-0.1, -0.05) is 12.8 Å². The summed E-state index contributed by atoms with van der Waals surface area (Å²) < 4.78 is 26.7.